The lowest BCUT2D eigenvalue weighted by molar-refractivity contribution is -0.128. The number of ether oxygens (including phenoxy) is 3. The van der Waals surface area contributed by atoms with Crippen LogP contribution in [0.4, 0.5) is 0 Å². The highest BCUT2D eigenvalue weighted by Gasteiger charge is 2.17. The fourth-order valence-corrected chi connectivity index (χ4v) is 2.38. The summed E-state index contributed by atoms with van der Waals surface area (Å²) in [5.74, 6) is 2.13. The smallest absolute Gasteiger partial charge is 0.261 e. The number of carbonyl (C=O) groups excluding carboxylic acids is 1. The molecule has 0 unspecified atom stereocenters. The normalized spacial score (nSPS) is 11.5. The van der Waals surface area contributed by atoms with Crippen molar-refractivity contribution in [3.8, 4) is 17.2 Å². The van der Waals surface area contributed by atoms with Gasteiger partial charge in [0.25, 0.3) is 5.91 Å². The molecule has 0 radical (unpaired) electrons. The van der Waals surface area contributed by atoms with E-state index in [9.17, 15) is 4.79 Å². The molecular formula is C20H25NO4. The lowest BCUT2D eigenvalue weighted by atomic mass is 10.1. The fraction of sp³-hybridized carbons (Fsp3) is 0.350. The van der Waals surface area contributed by atoms with Gasteiger partial charge in [-0.05, 0) is 54.8 Å². The highest BCUT2D eigenvalue weighted by molar-refractivity contribution is 5.81. The van der Waals surface area contributed by atoms with Crippen molar-refractivity contribution >= 4 is 5.91 Å². The van der Waals surface area contributed by atoms with E-state index in [0.717, 1.165) is 23.5 Å². The summed E-state index contributed by atoms with van der Waals surface area (Å²) in [6.45, 7) is 2.49. The third kappa shape index (κ3) is 5.71. The van der Waals surface area contributed by atoms with Crippen molar-refractivity contribution in [2.75, 3.05) is 20.8 Å². The quantitative estimate of drug-likeness (QED) is 0.759. The van der Waals surface area contributed by atoms with E-state index in [4.69, 9.17) is 14.2 Å². The molecule has 0 bridgehead atoms. The lowest BCUT2D eigenvalue weighted by Crippen LogP contribution is -2.38. The minimum absolute atomic E-state index is 0.105. The van der Waals surface area contributed by atoms with Crippen LogP contribution in [0.25, 0.3) is 0 Å². The number of benzene rings is 2. The molecule has 2 aromatic rings. The molecule has 1 atom stereocenters. The third-order valence-corrected chi connectivity index (χ3v) is 3.87. The van der Waals surface area contributed by atoms with Gasteiger partial charge in [0.2, 0.25) is 0 Å². The molecule has 0 aromatic heterocycles. The molecule has 0 fully saturated rings. The molecule has 0 heterocycles. The standard InChI is InChI=1S/C20H25NO4/c1-4-19(25-18-11-9-17(24-3)10-12-18)20(22)21-14-13-15-5-7-16(23-2)8-6-15/h5-12,19H,4,13-14H2,1-3H3,(H,21,22)/t19-/m0/s1. The van der Waals surface area contributed by atoms with Crippen LogP contribution in [0.3, 0.4) is 0 Å². The van der Waals surface area contributed by atoms with Crippen molar-refractivity contribution in [2.24, 2.45) is 0 Å². The summed E-state index contributed by atoms with van der Waals surface area (Å²) in [5, 5.41) is 2.93. The first-order valence-electron chi connectivity index (χ1n) is 8.37. The van der Waals surface area contributed by atoms with Gasteiger partial charge in [0, 0.05) is 6.54 Å². The van der Waals surface area contributed by atoms with Crippen molar-refractivity contribution in [1.29, 1.82) is 0 Å². The molecule has 5 heteroatoms. The first-order chi connectivity index (χ1) is 12.2. The molecule has 0 saturated heterocycles. The summed E-state index contributed by atoms with van der Waals surface area (Å²) in [7, 11) is 3.25. The van der Waals surface area contributed by atoms with Crippen LogP contribution < -0.4 is 19.5 Å². The van der Waals surface area contributed by atoms with Crippen LogP contribution in [0.15, 0.2) is 48.5 Å². The summed E-state index contributed by atoms with van der Waals surface area (Å²) in [6, 6.07) is 15.0. The largest absolute Gasteiger partial charge is 0.497 e. The third-order valence-electron chi connectivity index (χ3n) is 3.87. The second-order valence-corrected chi connectivity index (χ2v) is 5.58. The van der Waals surface area contributed by atoms with E-state index in [-0.39, 0.29) is 5.91 Å². The Morgan fingerprint density at radius 3 is 1.96 bits per heavy atom. The van der Waals surface area contributed by atoms with Gasteiger partial charge in [-0.3, -0.25) is 4.79 Å². The number of nitrogens with one attached hydrogen (secondary N) is 1. The molecule has 1 N–H and O–H groups in total. The number of hydrogen-bond donors (Lipinski definition) is 1. The van der Waals surface area contributed by atoms with Crippen LogP contribution in [0.2, 0.25) is 0 Å². The number of methoxy groups -OCH3 is 2. The Hall–Kier alpha value is -2.69. The monoisotopic (exact) mass is 343 g/mol. The fourth-order valence-electron chi connectivity index (χ4n) is 2.38. The summed E-state index contributed by atoms with van der Waals surface area (Å²) >= 11 is 0. The molecule has 0 aliphatic carbocycles. The molecule has 0 aliphatic rings. The maximum Gasteiger partial charge on any atom is 0.261 e. The molecule has 0 saturated carbocycles. The Morgan fingerprint density at radius 1 is 0.920 bits per heavy atom. The second-order valence-electron chi connectivity index (χ2n) is 5.58. The molecule has 1 amide bonds. The number of carbonyl (C=O) groups is 1. The van der Waals surface area contributed by atoms with Gasteiger partial charge in [-0.25, -0.2) is 0 Å². The number of rotatable bonds is 9. The average Bonchev–Trinajstić information content (AvgIpc) is 2.67. The van der Waals surface area contributed by atoms with Crippen LogP contribution in [0, 0.1) is 0 Å². The lowest BCUT2D eigenvalue weighted by Gasteiger charge is -2.17. The Balaban J connectivity index is 1.81. The summed E-state index contributed by atoms with van der Waals surface area (Å²) in [4.78, 5) is 12.3. The minimum atomic E-state index is -0.510. The molecule has 5 nitrogen and oxygen atoms in total. The van der Waals surface area contributed by atoms with Crippen LogP contribution in [0.5, 0.6) is 17.2 Å². The Kier molecular flexibility index (Phi) is 7.14. The van der Waals surface area contributed by atoms with Gasteiger partial charge in [-0.1, -0.05) is 19.1 Å². The Labute approximate surface area is 148 Å². The van der Waals surface area contributed by atoms with Crippen LogP contribution >= 0.6 is 0 Å². The first-order valence-corrected chi connectivity index (χ1v) is 8.37. The van der Waals surface area contributed by atoms with Crippen molar-refractivity contribution in [3.05, 3.63) is 54.1 Å². The zero-order valence-corrected chi connectivity index (χ0v) is 15.0. The summed E-state index contributed by atoms with van der Waals surface area (Å²) in [6.07, 6.45) is 0.846. The van der Waals surface area contributed by atoms with Crippen LogP contribution in [-0.2, 0) is 11.2 Å². The summed E-state index contributed by atoms with van der Waals surface area (Å²) < 4.78 is 16.0. The minimum Gasteiger partial charge on any atom is -0.497 e. The maximum absolute atomic E-state index is 12.3. The van der Waals surface area contributed by atoms with Gasteiger partial charge in [0.1, 0.15) is 17.2 Å². The van der Waals surface area contributed by atoms with Gasteiger partial charge < -0.3 is 19.5 Å². The molecule has 0 aliphatic heterocycles. The predicted molar refractivity (Wildman–Crippen MR) is 97.4 cm³/mol. The topological polar surface area (TPSA) is 56.8 Å². The highest BCUT2D eigenvalue weighted by Crippen LogP contribution is 2.19. The van der Waals surface area contributed by atoms with Crippen LogP contribution in [0.1, 0.15) is 18.9 Å². The van der Waals surface area contributed by atoms with Crippen molar-refractivity contribution in [3.63, 3.8) is 0 Å². The molecule has 2 rings (SSSR count). The second kappa shape index (κ2) is 9.57. The van der Waals surface area contributed by atoms with Gasteiger partial charge in [-0.15, -0.1) is 0 Å². The zero-order valence-electron chi connectivity index (χ0n) is 15.0. The number of hydrogen-bond acceptors (Lipinski definition) is 4. The van der Waals surface area contributed by atoms with Gasteiger partial charge >= 0.3 is 0 Å². The SMILES string of the molecule is CC[C@H](Oc1ccc(OC)cc1)C(=O)NCCc1ccc(OC)cc1. The maximum atomic E-state index is 12.3. The van der Waals surface area contributed by atoms with E-state index in [1.807, 2.05) is 43.3 Å². The van der Waals surface area contributed by atoms with E-state index in [0.29, 0.717) is 18.7 Å². The van der Waals surface area contributed by atoms with Crippen molar-refractivity contribution in [2.45, 2.75) is 25.9 Å². The molecule has 134 valence electrons. The average molecular weight is 343 g/mol. The molecular weight excluding hydrogens is 318 g/mol. The molecule has 2 aromatic carbocycles. The van der Waals surface area contributed by atoms with E-state index in [1.165, 1.54) is 0 Å². The van der Waals surface area contributed by atoms with E-state index in [1.54, 1.807) is 26.4 Å². The van der Waals surface area contributed by atoms with Gasteiger partial charge in [0.05, 0.1) is 14.2 Å². The van der Waals surface area contributed by atoms with Gasteiger partial charge in [-0.2, -0.15) is 0 Å². The van der Waals surface area contributed by atoms with E-state index in [2.05, 4.69) is 5.32 Å². The summed E-state index contributed by atoms with van der Waals surface area (Å²) in [5.41, 5.74) is 1.14. The highest BCUT2D eigenvalue weighted by atomic mass is 16.5. The van der Waals surface area contributed by atoms with Crippen molar-refractivity contribution < 1.29 is 19.0 Å². The van der Waals surface area contributed by atoms with Gasteiger partial charge in [0.15, 0.2) is 6.10 Å². The van der Waals surface area contributed by atoms with Crippen LogP contribution in [-0.4, -0.2) is 32.8 Å². The van der Waals surface area contributed by atoms with E-state index >= 15 is 0 Å². The molecule has 25 heavy (non-hydrogen) atoms. The van der Waals surface area contributed by atoms with Crippen molar-refractivity contribution in [1.82, 2.24) is 5.32 Å². The molecule has 0 spiro atoms. The Bertz CT molecular complexity index is 652. The zero-order chi connectivity index (χ0) is 18.1. The predicted octanol–water partition coefficient (Wildman–Crippen LogP) is 3.22. The first kappa shape index (κ1) is 18.6. The number of amides is 1. The Morgan fingerprint density at radius 2 is 1.44 bits per heavy atom. The van der Waals surface area contributed by atoms with E-state index < -0.39 is 6.10 Å².